The molecule has 1 aromatic heterocycles. The van der Waals surface area contributed by atoms with Gasteiger partial charge < -0.3 is 4.74 Å². The Morgan fingerprint density at radius 3 is 2.86 bits per heavy atom. The molecular weight excluding hydrogens is 302 g/mol. The fourth-order valence-electron chi connectivity index (χ4n) is 2.45. The number of amides is 2. The van der Waals surface area contributed by atoms with Gasteiger partial charge in [0.1, 0.15) is 0 Å². The van der Waals surface area contributed by atoms with Gasteiger partial charge in [0.05, 0.1) is 24.1 Å². The summed E-state index contributed by atoms with van der Waals surface area (Å²) in [6, 6.07) is 1.86. The Balaban J connectivity index is 1.78. The molecule has 1 aliphatic rings. The predicted molar refractivity (Wildman–Crippen MR) is 85.9 cm³/mol. The van der Waals surface area contributed by atoms with E-state index in [9.17, 15) is 9.59 Å². The van der Waals surface area contributed by atoms with Gasteiger partial charge in [-0.25, -0.2) is 0 Å². The molecule has 7 heteroatoms. The van der Waals surface area contributed by atoms with Crippen LogP contribution >= 0.6 is 11.3 Å². The first-order valence-electron chi connectivity index (χ1n) is 7.52. The lowest BCUT2D eigenvalue weighted by atomic mass is 10.2. The van der Waals surface area contributed by atoms with Crippen LogP contribution in [-0.4, -0.2) is 49.1 Å². The first-order chi connectivity index (χ1) is 10.5. The third-order valence-electron chi connectivity index (χ3n) is 3.57. The summed E-state index contributed by atoms with van der Waals surface area (Å²) in [4.78, 5) is 27.7. The minimum atomic E-state index is -0.267. The van der Waals surface area contributed by atoms with Gasteiger partial charge >= 0.3 is 0 Å². The number of aryl methyl sites for hydroxylation is 2. The number of hydrogen-bond acceptors (Lipinski definition) is 5. The molecule has 2 heterocycles. The van der Waals surface area contributed by atoms with E-state index < -0.39 is 0 Å². The number of hydrogen-bond donors (Lipinski definition) is 2. The second-order valence-corrected chi connectivity index (χ2v) is 6.63. The summed E-state index contributed by atoms with van der Waals surface area (Å²) < 4.78 is 5.43. The lowest BCUT2D eigenvalue weighted by molar-refractivity contribution is -0.124. The Kier molecular flexibility index (Phi) is 5.93. The van der Waals surface area contributed by atoms with Crippen molar-refractivity contribution in [1.82, 2.24) is 15.8 Å². The molecule has 122 valence electrons. The summed E-state index contributed by atoms with van der Waals surface area (Å²) in [6.45, 7) is 8.39. The molecule has 0 saturated carbocycles. The maximum Gasteiger partial charge on any atom is 0.279 e. The second kappa shape index (κ2) is 7.71. The molecule has 0 bridgehead atoms. The summed E-state index contributed by atoms with van der Waals surface area (Å²) in [5.41, 5.74) is 6.07. The molecule has 0 radical (unpaired) electrons. The second-order valence-electron chi connectivity index (χ2n) is 5.49. The van der Waals surface area contributed by atoms with Gasteiger partial charge in [0, 0.05) is 18.0 Å². The zero-order valence-electron chi connectivity index (χ0n) is 13.3. The van der Waals surface area contributed by atoms with Gasteiger partial charge in [0.25, 0.3) is 11.8 Å². The molecule has 1 atom stereocenters. The highest BCUT2D eigenvalue weighted by atomic mass is 32.1. The van der Waals surface area contributed by atoms with E-state index in [-0.39, 0.29) is 24.5 Å². The first kappa shape index (κ1) is 16.9. The minimum Gasteiger partial charge on any atom is -0.376 e. The monoisotopic (exact) mass is 325 g/mol. The maximum atomic E-state index is 12.0. The smallest absolute Gasteiger partial charge is 0.279 e. The SMILES string of the molecule is CCc1sc(C(=O)NNC(=O)CN2CCOC(C)C2)cc1C. The standard InChI is InChI=1S/C15H23N3O3S/c1-4-12-10(2)7-13(22-12)15(20)17-16-14(19)9-18-5-6-21-11(3)8-18/h7,11H,4-6,8-9H2,1-3H3,(H,16,19)(H,17,20). The molecule has 1 aliphatic heterocycles. The van der Waals surface area contributed by atoms with E-state index in [0.717, 1.165) is 25.1 Å². The highest BCUT2D eigenvalue weighted by Crippen LogP contribution is 2.21. The molecule has 0 aromatic carbocycles. The van der Waals surface area contributed by atoms with Gasteiger partial charge in [-0.2, -0.15) is 0 Å². The maximum absolute atomic E-state index is 12.0. The largest absolute Gasteiger partial charge is 0.376 e. The quantitative estimate of drug-likeness (QED) is 0.813. The van der Waals surface area contributed by atoms with Gasteiger partial charge in [0.2, 0.25) is 0 Å². The Bertz CT molecular complexity index is 544. The van der Waals surface area contributed by atoms with Crippen LogP contribution in [-0.2, 0) is 16.0 Å². The van der Waals surface area contributed by atoms with E-state index in [2.05, 4.69) is 17.8 Å². The highest BCUT2D eigenvalue weighted by Gasteiger charge is 2.19. The van der Waals surface area contributed by atoms with Crippen LogP contribution < -0.4 is 10.9 Å². The van der Waals surface area contributed by atoms with E-state index in [4.69, 9.17) is 4.74 Å². The van der Waals surface area contributed by atoms with Crippen molar-refractivity contribution in [3.05, 3.63) is 21.4 Å². The molecule has 2 N–H and O–H groups in total. The molecule has 2 rings (SSSR count). The van der Waals surface area contributed by atoms with Crippen molar-refractivity contribution in [2.24, 2.45) is 0 Å². The number of morpholine rings is 1. The Morgan fingerprint density at radius 1 is 1.45 bits per heavy atom. The zero-order chi connectivity index (χ0) is 16.1. The molecule has 0 spiro atoms. The number of ether oxygens (including phenoxy) is 1. The summed E-state index contributed by atoms with van der Waals surface area (Å²) in [5.74, 6) is -0.483. The molecule has 6 nitrogen and oxygen atoms in total. The summed E-state index contributed by atoms with van der Waals surface area (Å²) in [7, 11) is 0. The van der Waals surface area contributed by atoms with E-state index in [1.165, 1.54) is 16.2 Å². The van der Waals surface area contributed by atoms with Crippen molar-refractivity contribution in [3.63, 3.8) is 0 Å². The zero-order valence-corrected chi connectivity index (χ0v) is 14.1. The number of carbonyl (C=O) groups is 2. The lowest BCUT2D eigenvalue weighted by Crippen LogP contribution is -2.49. The van der Waals surface area contributed by atoms with Gasteiger partial charge in [-0.05, 0) is 31.9 Å². The molecule has 1 fully saturated rings. The van der Waals surface area contributed by atoms with Gasteiger partial charge in [-0.15, -0.1) is 11.3 Å². The Morgan fingerprint density at radius 2 is 2.23 bits per heavy atom. The Labute approximate surface area is 134 Å². The minimum absolute atomic E-state index is 0.137. The van der Waals surface area contributed by atoms with Gasteiger partial charge in [0.15, 0.2) is 0 Å². The number of rotatable bonds is 4. The van der Waals surface area contributed by atoms with Crippen LogP contribution in [0.5, 0.6) is 0 Å². The molecular formula is C15H23N3O3S. The van der Waals surface area contributed by atoms with E-state index in [1.54, 1.807) is 0 Å². The normalized spacial score (nSPS) is 19.0. The average Bonchev–Trinajstić information content (AvgIpc) is 2.86. The van der Waals surface area contributed by atoms with E-state index >= 15 is 0 Å². The van der Waals surface area contributed by atoms with Gasteiger partial charge in [-0.3, -0.25) is 25.3 Å². The number of carbonyl (C=O) groups excluding carboxylic acids is 2. The van der Waals surface area contributed by atoms with Crippen LogP contribution in [0.2, 0.25) is 0 Å². The van der Waals surface area contributed by atoms with Crippen molar-refractivity contribution in [2.75, 3.05) is 26.2 Å². The summed E-state index contributed by atoms with van der Waals surface area (Å²) >= 11 is 1.46. The molecule has 0 aliphatic carbocycles. The van der Waals surface area contributed by atoms with Crippen molar-refractivity contribution in [1.29, 1.82) is 0 Å². The number of nitrogens with one attached hydrogen (secondary N) is 2. The van der Waals surface area contributed by atoms with Crippen molar-refractivity contribution in [2.45, 2.75) is 33.3 Å². The summed E-state index contributed by atoms with van der Waals surface area (Å²) in [5, 5.41) is 0. The van der Waals surface area contributed by atoms with Crippen LogP contribution in [0.4, 0.5) is 0 Å². The summed E-state index contributed by atoms with van der Waals surface area (Å²) in [6.07, 6.45) is 1.04. The van der Waals surface area contributed by atoms with Crippen molar-refractivity contribution >= 4 is 23.2 Å². The number of thiophene rings is 1. The van der Waals surface area contributed by atoms with Crippen LogP contribution in [0.25, 0.3) is 0 Å². The first-order valence-corrected chi connectivity index (χ1v) is 8.33. The predicted octanol–water partition coefficient (Wildman–Crippen LogP) is 1.10. The topological polar surface area (TPSA) is 70.7 Å². The average molecular weight is 325 g/mol. The highest BCUT2D eigenvalue weighted by molar-refractivity contribution is 7.14. The molecule has 1 unspecified atom stereocenters. The molecule has 2 amide bonds. The number of hydrazine groups is 1. The molecule has 1 saturated heterocycles. The third-order valence-corrected chi connectivity index (χ3v) is 4.95. The van der Waals surface area contributed by atoms with Crippen LogP contribution in [0.1, 0.15) is 34.0 Å². The fraction of sp³-hybridized carbons (Fsp3) is 0.600. The van der Waals surface area contributed by atoms with E-state index in [1.807, 2.05) is 24.8 Å². The van der Waals surface area contributed by atoms with Crippen LogP contribution in [0.15, 0.2) is 6.07 Å². The Hall–Kier alpha value is -1.44. The molecule has 1 aromatic rings. The number of nitrogens with zero attached hydrogens (tertiary/aromatic N) is 1. The van der Waals surface area contributed by atoms with Gasteiger partial charge in [-0.1, -0.05) is 6.92 Å². The van der Waals surface area contributed by atoms with Crippen LogP contribution in [0, 0.1) is 6.92 Å². The molecule has 22 heavy (non-hydrogen) atoms. The van der Waals surface area contributed by atoms with Crippen LogP contribution in [0.3, 0.4) is 0 Å². The van der Waals surface area contributed by atoms with Crippen molar-refractivity contribution in [3.8, 4) is 0 Å². The third kappa shape index (κ3) is 4.53. The van der Waals surface area contributed by atoms with Crippen molar-refractivity contribution < 1.29 is 14.3 Å². The lowest BCUT2D eigenvalue weighted by Gasteiger charge is -2.30. The fourth-order valence-corrected chi connectivity index (χ4v) is 3.46. The van der Waals surface area contributed by atoms with E-state index in [0.29, 0.717) is 11.5 Å².